The third-order valence-electron chi connectivity index (χ3n) is 8.24. The molecule has 0 radical (unpaired) electrons. The molecule has 4 rings (SSSR count). The highest BCUT2D eigenvalue weighted by molar-refractivity contribution is 5.92. The van der Waals surface area contributed by atoms with E-state index in [1.165, 1.54) is 34.3 Å². The molecule has 0 aromatic heterocycles. The lowest BCUT2D eigenvalue weighted by molar-refractivity contribution is -0.181. The maximum atomic E-state index is 13.2. The molecule has 2 aliphatic rings. The lowest BCUT2D eigenvalue weighted by atomic mass is 9.71. The van der Waals surface area contributed by atoms with Gasteiger partial charge in [0.2, 0.25) is 18.3 Å². The Morgan fingerprint density at radius 2 is 1.51 bits per heavy atom. The highest BCUT2D eigenvalue weighted by Crippen LogP contribution is 2.61. The molecule has 1 aliphatic heterocycles. The fourth-order valence-corrected chi connectivity index (χ4v) is 5.29. The molecule has 11 nitrogen and oxygen atoms in total. The Balaban J connectivity index is 2.21. The van der Waals surface area contributed by atoms with Gasteiger partial charge in [-0.1, -0.05) is 19.1 Å². The number of benzene rings is 2. The SMILES string of the molecule is CC=C(C)C(=O)O[C@@H]1c2cc3c(c(OC)c2-c2c(cc(OC)c(OC)c2O)[C@@H](OC(=O)C(C)=CC)[C@@](C)(O)[C@H]1C)OCO3. The van der Waals surface area contributed by atoms with Crippen LogP contribution in [0.15, 0.2) is 35.4 Å². The van der Waals surface area contributed by atoms with Crippen molar-refractivity contribution in [1.82, 2.24) is 0 Å². The van der Waals surface area contributed by atoms with E-state index in [9.17, 15) is 19.8 Å². The third-order valence-corrected chi connectivity index (χ3v) is 8.24. The number of carbonyl (C=O) groups is 2. The minimum atomic E-state index is -1.89. The van der Waals surface area contributed by atoms with Crippen LogP contribution in [0, 0.1) is 5.92 Å². The Morgan fingerprint density at radius 3 is 2.07 bits per heavy atom. The van der Waals surface area contributed by atoms with Gasteiger partial charge in [0, 0.05) is 39.3 Å². The van der Waals surface area contributed by atoms with Gasteiger partial charge in [-0.15, -0.1) is 0 Å². The number of phenolic OH excluding ortho intramolecular Hbond substituents is 1. The number of carbonyl (C=O) groups excluding carboxylic acids is 2. The summed E-state index contributed by atoms with van der Waals surface area (Å²) in [5.41, 5.74) is -0.353. The molecular weight excluding hydrogens is 560 g/mol. The van der Waals surface area contributed by atoms with Crippen molar-refractivity contribution in [2.75, 3.05) is 28.1 Å². The van der Waals surface area contributed by atoms with E-state index in [1.54, 1.807) is 52.8 Å². The topological polar surface area (TPSA) is 139 Å². The van der Waals surface area contributed by atoms with Gasteiger partial charge in [-0.2, -0.15) is 0 Å². The quantitative estimate of drug-likeness (QED) is 0.316. The number of aromatic hydroxyl groups is 1. The van der Waals surface area contributed by atoms with E-state index in [-0.39, 0.29) is 52.2 Å². The van der Waals surface area contributed by atoms with Crippen LogP contribution < -0.4 is 23.7 Å². The van der Waals surface area contributed by atoms with Gasteiger partial charge in [-0.05, 0) is 46.8 Å². The minimum absolute atomic E-state index is 0.0202. The number of hydrogen-bond donors (Lipinski definition) is 2. The van der Waals surface area contributed by atoms with E-state index < -0.39 is 35.7 Å². The molecule has 0 saturated carbocycles. The van der Waals surface area contributed by atoms with Gasteiger partial charge in [0.15, 0.2) is 29.1 Å². The van der Waals surface area contributed by atoms with Crippen molar-refractivity contribution >= 4 is 11.9 Å². The number of fused-ring (bicyclic) bond motifs is 4. The molecule has 2 N–H and O–H groups in total. The first-order valence-electron chi connectivity index (χ1n) is 13.8. The molecule has 4 atom stereocenters. The Labute approximate surface area is 250 Å². The summed E-state index contributed by atoms with van der Waals surface area (Å²) >= 11 is 0. The summed E-state index contributed by atoms with van der Waals surface area (Å²) in [6.45, 7) is 9.65. The van der Waals surface area contributed by atoms with Crippen molar-refractivity contribution in [1.29, 1.82) is 0 Å². The zero-order valence-electron chi connectivity index (χ0n) is 25.8. The predicted molar refractivity (Wildman–Crippen MR) is 156 cm³/mol. The average molecular weight is 599 g/mol. The van der Waals surface area contributed by atoms with Crippen LogP contribution in [-0.4, -0.2) is 55.9 Å². The van der Waals surface area contributed by atoms with Gasteiger partial charge in [0.25, 0.3) is 0 Å². The smallest absolute Gasteiger partial charge is 0.334 e. The van der Waals surface area contributed by atoms with E-state index in [0.29, 0.717) is 22.5 Å². The molecule has 2 aromatic carbocycles. The zero-order valence-corrected chi connectivity index (χ0v) is 25.8. The molecule has 0 unspecified atom stereocenters. The van der Waals surface area contributed by atoms with Crippen LogP contribution in [0.2, 0.25) is 0 Å². The largest absolute Gasteiger partial charge is 0.504 e. The summed E-state index contributed by atoms with van der Waals surface area (Å²) in [5.74, 6) is -1.77. The number of aliphatic hydroxyl groups is 1. The number of esters is 2. The summed E-state index contributed by atoms with van der Waals surface area (Å²) in [6.07, 6.45) is 0.635. The Kier molecular flexibility index (Phi) is 8.87. The Hall–Kier alpha value is -4.38. The van der Waals surface area contributed by atoms with Gasteiger partial charge in [-0.3, -0.25) is 0 Å². The van der Waals surface area contributed by atoms with Crippen molar-refractivity contribution in [3.8, 4) is 45.6 Å². The molecule has 43 heavy (non-hydrogen) atoms. The van der Waals surface area contributed by atoms with Gasteiger partial charge in [0.1, 0.15) is 11.7 Å². The maximum absolute atomic E-state index is 13.2. The second-order valence-corrected chi connectivity index (χ2v) is 10.6. The number of hydrogen-bond acceptors (Lipinski definition) is 11. The first kappa shape index (κ1) is 31.6. The molecule has 0 saturated heterocycles. The standard InChI is InChI=1S/C32H38O11/c1-10-15(3)30(34)42-25-17(5)32(6,36)29(43-31(35)16(4)11-2)19-13-20(37-7)26(38-8)24(33)22(19)23-18(25)12-21-27(28(23)39-9)41-14-40-21/h10-13,17,25,29,33,36H,14H2,1-9H3/t17-,25-,29+,32-/m0/s1. The molecule has 2 aromatic rings. The number of allylic oxidation sites excluding steroid dienone is 2. The average Bonchev–Trinajstić information content (AvgIpc) is 3.47. The van der Waals surface area contributed by atoms with Crippen LogP contribution in [0.25, 0.3) is 11.1 Å². The highest BCUT2D eigenvalue weighted by atomic mass is 16.7. The van der Waals surface area contributed by atoms with E-state index in [4.69, 9.17) is 33.2 Å². The van der Waals surface area contributed by atoms with Crippen LogP contribution in [-0.2, 0) is 19.1 Å². The molecule has 0 fully saturated rings. The monoisotopic (exact) mass is 598 g/mol. The van der Waals surface area contributed by atoms with Crippen LogP contribution in [0.1, 0.15) is 64.9 Å². The van der Waals surface area contributed by atoms with Crippen molar-refractivity contribution < 1.29 is 53.0 Å². The number of rotatable bonds is 7. The maximum Gasteiger partial charge on any atom is 0.334 e. The molecule has 1 aliphatic carbocycles. The van der Waals surface area contributed by atoms with Crippen LogP contribution in [0.4, 0.5) is 0 Å². The lowest BCUT2D eigenvalue weighted by Gasteiger charge is -2.43. The van der Waals surface area contributed by atoms with Crippen molar-refractivity contribution in [2.45, 2.75) is 59.4 Å². The Bertz CT molecular complexity index is 1500. The fraction of sp³-hybridized carbons (Fsp3) is 0.438. The normalized spacial score (nSPS) is 22.9. The fourth-order valence-electron chi connectivity index (χ4n) is 5.29. The van der Waals surface area contributed by atoms with Crippen LogP contribution >= 0.6 is 0 Å². The van der Waals surface area contributed by atoms with Gasteiger partial charge in [-0.25, -0.2) is 9.59 Å². The third kappa shape index (κ3) is 5.22. The van der Waals surface area contributed by atoms with E-state index in [0.717, 1.165) is 0 Å². The van der Waals surface area contributed by atoms with E-state index in [1.807, 2.05) is 0 Å². The second-order valence-electron chi connectivity index (χ2n) is 10.6. The summed E-state index contributed by atoms with van der Waals surface area (Å²) in [7, 11) is 4.18. The number of methoxy groups -OCH3 is 3. The van der Waals surface area contributed by atoms with Gasteiger partial charge in [0.05, 0.1) is 21.3 Å². The second kappa shape index (κ2) is 12.1. The van der Waals surface area contributed by atoms with Crippen molar-refractivity contribution in [3.05, 3.63) is 46.6 Å². The minimum Gasteiger partial charge on any atom is -0.504 e. The summed E-state index contributed by atoms with van der Waals surface area (Å²) in [4.78, 5) is 26.5. The molecule has 232 valence electrons. The van der Waals surface area contributed by atoms with E-state index in [2.05, 4.69) is 0 Å². The number of ether oxygens (including phenoxy) is 7. The molecule has 0 bridgehead atoms. The molecule has 11 heteroatoms. The lowest BCUT2D eigenvalue weighted by Crippen LogP contribution is -2.46. The van der Waals surface area contributed by atoms with E-state index >= 15 is 0 Å². The zero-order chi connectivity index (χ0) is 31.8. The van der Waals surface area contributed by atoms with Crippen LogP contribution in [0.5, 0.6) is 34.5 Å². The van der Waals surface area contributed by atoms with Crippen molar-refractivity contribution in [3.63, 3.8) is 0 Å². The Morgan fingerprint density at radius 1 is 0.907 bits per heavy atom. The predicted octanol–water partition coefficient (Wildman–Crippen LogP) is 5.32. The summed E-state index contributed by atoms with van der Waals surface area (Å²) in [6, 6.07) is 3.16. The first-order chi connectivity index (χ1) is 20.4. The molecular formula is C32H38O11. The van der Waals surface area contributed by atoms with Crippen LogP contribution in [0.3, 0.4) is 0 Å². The highest BCUT2D eigenvalue weighted by Gasteiger charge is 2.51. The van der Waals surface area contributed by atoms with Gasteiger partial charge >= 0.3 is 11.9 Å². The molecule has 0 spiro atoms. The molecule has 1 heterocycles. The summed E-state index contributed by atoms with van der Waals surface area (Å²) in [5, 5.41) is 24.2. The number of phenols is 1. The van der Waals surface area contributed by atoms with Gasteiger partial charge < -0.3 is 43.4 Å². The first-order valence-corrected chi connectivity index (χ1v) is 13.8. The molecule has 0 amide bonds. The summed E-state index contributed by atoms with van der Waals surface area (Å²) < 4.78 is 40.5. The van der Waals surface area contributed by atoms with Crippen molar-refractivity contribution in [2.24, 2.45) is 5.92 Å².